The number of rotatable bonds is 9. The van der Waals surface area contributed by atoms with Crippen molar-refractivity contribution in [1.82, 2.24) is 29.7 Å². The molecule has 1 aromatic carbocycles. The van der Waals surface area contributed by atoms with Gasteiger partial charge in [-0.05, 0) is 37.8 Å². The molecule has 11 heteroatoms. The lowest BCUT2D eigenvalue weighted by Gasteiger charge is -2.35. The Morgan fingerprint density at radius 3 is 2.65 bits per heavy atom. The Bertz CT molecular complexity index is 1360. The van der Waals surface area contributed by atoms with Crippen LogP contribution in [0, 0.1) is 11.8 Å². The van der Waals surface area contributed by atoms with Gasteiger partial charge in [-0.15, -0.1) is 5.10 Å². The van der Waals surface area contributed by atoms with Crippen LogP contribution in [0.1, 0.15) is 32.6 Å². The molecule has 11 nitrogen and oxygen atoms in total. The number of carbonyl (C=O) groups excluding carboxylic acids is 3. The summed E-state index contributed by atoms with van der Waals surface area (Å²) in [6.45, 7) is 4.02. The molecule has 2 aromatic rings. The van der Waals surface area contributed by atoms with Crippen LogP contribution in [-0.2, 0) is 25.8 Å². The lowest BCUT2D eigenvalue weighted by atomic mass is 9.77. The molecule has 2 fully saturated rings. The number of ether oxygens (including phenoxy) is 1. The van der Waals surface area contributed by atoms with E-state index in [4.69, 9.17) is 4.74 Å². The second-order valence-corrected chi connectivity index (χ2v) is 11.1. The highest BCUT2D eigenvalue weighted by Crippen LogP contribution is 2.53. The van der Waals surface area contributed by atoms with Crippen molar-refractivity contribution in [3.8, 4) is 0 Å². The predicted molar refractivity (Wildman–Crippen MR) is 145 cm³/mol. The van der Waals surface area contributed by atoms with Crippen LogP contribution in [0.3, 0.4) is 0 Å². The minimum absolute atomic E-state index is 0.0756. The first-order valence-electron chi connectivity index (χ1n) is 14.3. The van der Waals surface area contributed by atoms with Gasteiger partial charge in [0.25, 0.3) is 5.91 Å². The van der Waals surface area contributed by atoms with E-state index < -0.39 is 29.6 Å². The summed E-state index contributed by atoms with van der Waals surface area (Å²) in [5.41, 5.74) is 0.305. The maximum atomic E-state index is 14.4. The molecule has 1 unspecified atom stereocenters. The second kappa shape index (κ2) is 10.8. The summed E-state index contributed by atoms with van der Waals surface area (Å²) in [5, 5.41) is 17.8. The van der Waals surface area contributed by atoms with Gasteiger partial charge < -0.3 is 24.5 Å². The molecule has 4 aliphatic rings. The number of aliphatic hydroxyl groups is 1. The normalized spacial score (nSPS) is 29.6. The van der Waals surface area contributed by atoms with Crippen LogP contribution in [0.5, 0.6) is 0 Å². The Kier molecular flexibility index (Phi) is 7.18. The van der Waals surface area contributed by atoms with Gasteiger partial charge in [0.05, 0.1) is 23.5 Å². The van der Waals surface area contributed by atoms with E-state index in [0.29, 0.717) is 39.0 Å². The van der Waals surface area contributed by atoms with Crippen LogP contribution in [0.15, 0.2) is 48.6 Å². The number of hydrogen-bond donors (Lipinski definition) is 1. The minimum Gasteiger partial charge on any atom is -0.396 e. The number of fused-ring (bicyclic) bond motifs is 3. The number of likely N-dealkylation sites (tertiary alicyclic amines) is 1. The molecule has 6 rings (SSSR count). The number of amides is 3. The Hall–Kier alpha value is -3.57. The smallest absolute Gasteiger partial charge is 0.250 e. The molecule has 40 heavy (non-hydrogen) atoms. The average Bonchev–Trinajstić information content (AvgIpc) is 3.51. The lowest BCUT2D eigenvalue weighted by molar-refractivity contribution is -0.149. The van der Waals surface area contributed by atoms with Gasteiger partial charge in [-0.3, -0.25) is 14.4 Å². The first-order chi connectivity index (χ1) is 19.5. The molecule has 1 N–H and O–H groups in total. The van der Waals surface area contributed by atoms with Crippen LogP contribution < -0.4 is 0 Å². The van der Waals surface area contributed by atoms with E-state index in [1.54, 1.807) is 19.4 Å². The van der Waals surface area contributed by atoms with Gasteiger partial charge in [-0.1, -0.05) is 48.6 Å². The van der Waals surface area contributed by atoms with E-state index >= 15 is 0 Å². The number of aliphatic hydroxyl groups excluding tert-OH is 1. The summed E-state index contributed by atoms with van der Waals surface area (Å²) >= 11 is 0. The minimum atomic E-state index is -1.24. The molecule has 5 heterocycles. The second-order valence-electron chi connectivity index (χ2n) is 11.1. The zero-order valence-electron chi connectivity index (χ0n) is 22.8. The fourth-order valence-electron chi connectivity index (χ4n) is 6.83. The first kappa shape index (κ1) is 26.6. The van der Waals surface area contributed by atoms with E-state index in [1.807, 2.05) is 55.5 Å². The summed E-state index contributed by atoms with van der Waals surface area (Å²) < 4.78 is 8.37. The summed E-state index contributed by atoms with van der Waals surface area (Å²) in [4.78, 5) is 47.5. The summed E-state index contributed by atoms with van der Waals surface area (Å²) in [6.07, 6.45) is 9.80. The van der Waals surface area contributed by atoms with E-state index in [1.165, 1.54) is 0 Å². The molecule has 4 aliphatic heterocycles. The number of hydrogen-bond acceptors (Lipinski definition) is 7. The number of carbonyl (C=O) groups is 3. The highest BCUT2D eigenvalue weighted by molar-refractivity contribution is 5.99. The van der Waals surface area contributed by atoms with Gasteiger partial charge in [0.15, 0.2) is 0 Å². The monoisotopic (exact) mass is 548 g/mol. The van der Waals surface area contributed by atoms with Crippen LogP contribution >= 0.6 is 0 Å². The molecular formula is C29H36N6O5. The highest BCUT2D eigenvalue weighted by Gasteiger charge is 2.71. The van der Waals surface area contributed by atoms with Gasteiger partial charge >= 0.3 is 0 Å². The van der Waals surface area contributed by atoms with Crippen LogP contribution in [0.4, 0.5) is 0 Å². The maximum absolute atomic E-state index is 14.4. The first-order valence-corrected chi connectivity index (χ1v) is 14.3. The number of unbranched alkanes of at least 4 members (excludes halogenated alkanes) is 2. The predicted octanol–water partition coefficient (Wildman–Crippen LogP) is 1.34. The molecule has 0 bridgehead atoms. The maximum Gasteiger partial charge on any atom is 0.250 e. The van der Waals surface area contributed by atoms with E-state index in [0.717, 1.165) is 23.9 Å². The zero-order chi connectivity index (χ0) is 27.9. The van der Waals surface area contributed by atoms with Gasteiger partial charge in [-0.2, -0.15) is 0 Å². The van der Waals surface area contributed by atoms with Crippen molar-refractivity contribution in [3.63, 3.8) is 0 Å². The fourth-order valence-corrected chi connectivity index (χ4v) is 6.83. The van der Waals surface area contributed by atoms with Crippen LogP contribution in [0.2, 0.25) is 0 Å². The highest BCUT2D eigenvalue weighted by atomic mass is 16.5. The molecule has 0 aliphatic carbocycles. The standard InChI is InChI=1S/C29H36N6O5/c1-2-14-32-15-8-12-22-23(26(32)37)24-27(38)34(17-6-3-7-18-36)25-28(39)33(16-9-13-29(24,25)40-22)19-35-21-11-5-4-10-20(21)30-31-35/h4-5,8-13,22-25,36H,2-3,6-7,14-19H2,1H3/t22-,23+,24+,25?,29+/m1/s1. The third-order valence-corrected chi connectivity index (χ3v) is 8.60. The molecule has 1 spiro atoms. The Labute approximate surface area is 233 Å². The Morgan fingerprint density at radius 1 is 1.00 bits per heavy atom. The number of aromatic nitrogens is 3. The van der Waals surface area contributed by atoms with Crippen molar-refractivity contribution >= 4 is 28.8 Å². The molecule has 0 saturated carbocycles. The summed E-state index contributed by atoms with van der Waals surface area (Å²) in [6, 6.07) is 6.67. The molecule has 5 atom stereocenters. The SMILES string of the molecule is CCCN1CC=C[C@H]2O[C@]34C=CCN(Cn5nnc6ccccc65)C(=O)C3N(CCCCCO)C(=O)[C@@H]4[C@H]2C1=O. The Morgan fingerprint density at radius 2 is 1.82 bits per heavy atom. The van der Waals surface area contributed by atoms with Crippen molar-refractivity contribution in [2.24, 2.45) is 11.8 Å². The number of nitrogens with zero attached hydrogens (tertiary/aromatic N) is 6. The van der Waals surface area contributed by atoms with E-state index in [-0.39, 0.29) is 31.0 Å². The quantitative estimate of drug-likeness (QED) is 0.371. The fraction of sp³-hybridized carbons (Fsp3) is 0.552. The van der Waals surface area contributed by atoms with E-state index in [9.17, 15) is 19.5 Å². The molecule has 1 aromatic heterocycles. The zero-order valence-corrected chi connectivity index (χ0v) is 22.8. The van der Waals surface area contributed by atoms with Gasteiger partial charge in [-0.25, -0.2) is 4.68 Å². The van der Waals surface area contributed by atoms with Crippen molar-refractivity contribution in [2.75, 3.05) is 32.8 Å². The molecule has 2 saturated heterocycles. The third kappa shape index (κ3) is 4.23. The van der Waals surface area contributed by atoms with Crippen LogP contribution in [-0.4, -0.2) is 103 Å². The topological polar surface area (TPSA) is 121 Å². The largest absolute Gasteiger partial charge is 0.396 e. The molecule has 0 radical (unpaired) electrons. The Balaban J connectivity index is 1.36. The summed E-state index contributed by atoms with van der Waals surface area (Å²) in [5.74, 6) is -2.02. The van der Waals surface area contributed by atoms with E-state index in [2.05, 4.69) is 10.3 Å². The van der Waals surface area contributed by atoms with Crippen LogP contribution in [0.25, 0.3) is 11.0 Å². The van der Waals surface area contributed by atoms with Crippen molar-refractivity contribution in [3.05, 3.63) is 48.6 Å². The van der Waals surface area contributed by atoms with Gasteiger partial charge in [0.1, 0.15) is 23.8 Å². The van der Waals surface area contributed by atoms with Gasteiger partial charge in [0.2, 0.25) is 11.8 Å². The number of benzene rings is 1. The molecular weight excluding hydrogens is 512 g/mol. The van der Waals surface area contributed by atoms with Crippen molar-refractivity contribution < 1.29 is 24.2 Å². The number of para-hydroxylation sites is 1. The third-order valence-electron chi connectivity index (χ3n) is 8.60. The molecule has 212 valence electrons. The van der Waals surface area contributed by atoms with Crippen molar-refractivity contribution in [1.29, 1.82) is 0 Å². The molecule has 3 amide bonds. The summed E-state index contributed by atoms with van der Waals surface area (Å²) in [7, 11) is 0. The van der Waals surface area contributed by atoms with Gasteiger partial charge in [0, 0.05) is 32.8 Å². The lowest BCUT2D eigenvalue weighted by Crippen LogP contribution is -2.55. The van der Waals surface area contributed by atoms with Crippen molar-refractivity contribution in [2.45, 2.75) is 57.0 Å². The average molecular weight is 549 g/mol.